The van der Waals surface area contributed by atoms with E-state index in [2.05, 4.69) is 23.2 Å². The van der Waals surface area contributed by atoms with Crippen LogP contribution in [0.2, 0.25) is 0 Å². The maximum absolute atomic E-state index is 10.0. The monoisotopic (exact) mass is 462 g/mol. The van der Waals surface area contributed by atoms with E-state index in [9.17, 15) is 4.79 Å². The minimum atomic E-state index is -0.125. The third-order valence-corrected chi connectivity index (χ3v) is 2.61. The van der Waals surface area contributed by atoms with Crippen molar-refractivity contribution in [3.05, 3.63) is 60.8 Å². The maximum atomic E-state index is 10.0. The molecule has 0 atom stereocenters. The summed E-state index contributed by atoms with van der Waals surface area (Å²) in [5, 5.41) is 10.6. The first-order chi connectivity index (χ1) is 9.58. The molecule has 4 nitrogen and oxygen atoms in total. The van der Waals surface area contributed by atoms with E-state index in [0.29, 0.717) is 0 Å². The van der Waals surface area contributed by atoms with Crippen molar-refractivity contribution in [2.75, 3.05) is 0 Å². The van der Waals surface area contributed by atoms with E-state index in [1.807, 2.05) is 28.9 Å². The third-order valence-electron chi connectivity index (χ3n) is 2.61. The molecule has 0 fully saturated rings. The molecule has 3 aromatic rings. The summed E-state index contributed by atoms with van der Waals surface area (Å²) in [6.45, 7) is 2.85. The van der Waals surface area contributed by atoms with Gasteiger partial charge in [-0.2, -0.15) is 0 Å². The molecule has 0 radical (unpaired) electrons. The molecule has 0 aliphatic carbocycles. The molecule has 2 heterocycles. The Morgan fingerprint density at radius 3 is 2.71 bits per heavy atom. The quantitative estimate of drug-likeness (QED) is 0.343. The van der Waals surface area contributed by atoms with E-state index in [0.717, 1.165) is 11.0 Å². The summed E-state index contributed by atoms with van der Waals surface area (Å²) in [4.78, 5) is 14.3. The second-order valence-electron chi connectivity index (χ2n) is 4.37. The fourth-order valence-corrected chi connectivity index (χ4v) is 1.86. The summed E-state index contributed by atoms with van der Waals surface area (Å²) < 4.78 is 2.00. The van der Waals surface area contributed by atoms with Gasteiger partial charge >= 0.3 is 0 Å². The minimum Gasteiger partial charge on any atom is -0.512 e. The SMILES string of the molecule is CC(=O)/C=C(/C)O.[Pt].[c-]1cccc2ccn3ccnc3c12. The van der Waals surface area contributed by atoms with E-state index in [4.69, 9.17) is 5.11 Å². The molecule has 2 aromatic heterocycles. The van der Waals surface area contributed by atoms with Gasteiger partial charge in [-0.1, -0.05) is 6.07 Å². The summed E-state index contributed by atoms with van der Waals surface area (Å²) in [5.74, 6) is -0.0625. The molecular formula is C16H15N2O2Pt-. The summed E-state index contributed by atoms with van der Waals surface area (Å²) in [6, 6.07) is 11.2. The smallest absolute Gasteiger partial charge is 0.155 e. The van der Waals surface area contributed by atoms with Gasteiger partial charge in [0.15, 0.2) is 5.78 Å². The van der Waals surface area contributed by atoms with Crippen LogP contribution in [0.1, 0.15) is 13.8 Å². The van der Waals surface area contributed by atoms with Gasteiger partial charge in [0.1, 0.15) is 0 Å². The Kier molecular flexibility index (Phi) is 6.32. The molecule has 1 aromatic carbocycles. The molecule has 0 amide bonds. The topological polar surface area (TPSA) is 54.6 Å². The number of nitrogens with zero attached hydrogens (tertiary/aromatic N) is 2. The first kappa shape index (κ1) is 17.1. The Morgan fingerprint density at radius 1 is 1.33 bits per heavy atom. The maximum Gasteiger partial charge on any atom is 0.155 e. The van der Waals surface area contributed by atoms with Gasteiger partial charge in [0, 0.05) is 39.5 Å². The van der Waals surface area contributed by atoms with E-state index in [-0.39, 0.29) is 32.6 Å². The van der Waals surface area contributed by atoms with Crippen LogP contribution in [0, 0.1) is 6.07 Å². The van der Waals surface area contributed by atoms with Crippen LogP contribution in [-0.4, -0.2) is 20.3 Å². The van der Waals surface area contributed by atoms with Gasteiger partial charge in [-0.25, -0.2) is 0 Å². The number of benzene rings is 1. The predicted octanol–water partition coefficient (Wildman–Crippen LogP) is 3.32. The van der Waals surface area contributed by atoms with Gasteiger partial charge in [0.2, 0.25) is 0 Å². The van der Waals surface area contributed by atoms with E-state index < -0.39 is 0 Å². The second kappa shape index (κ2) is 7.75. The number of hydrogen-bond acceptors (Lipinski definition) is 3. The molecule has 1 N–H and O–H groups in total. The molecular weight excluding hydrogens is 447 g/mol. The van der Waals surface area contributed by atoms with Gasteiger partial charge in [0.05, 0.1) is 11.4 Å². The number of fused-ring (bicyclic) bond motifs is 3. The molecule has 112 valence electrons. The second-order valence-corrected chi connectivity index (χ2v) is 4.37. The van der Waals surface area contributed by atoms with Gasteiger partial charge < -0.3 is 9.51 Å². The molecule has 0 saturated carbocycles. The van der Waals surface area contributed by atoms with Gasteiger partial charge in [-0.05, 0) is 20.0 Å². The van der Waals surface area contributed by atoms with Crippen LogP contribution in [0.5, 0.6) is 0 Å². The zero-order chi connectivity index (χ0) is 14.5. The largest absolute Gasteiger partial charge is 0.512 e. The standard InChI is InChI=1S/C11H7N2.C5H8O2.Pt/c1-2-4-10-9(3-1)5-7-13-8-6-12-11(10)13;1-4(6)3-5(2)7;/h1-3,5-8H;3,6H,1-2H3;/q-1;;/b;4-3-;. The van der Waals surface area contributed by atoms with Crippen molar-refractivity contribution in [2.24, 2.45) is 0 Å². The number of ketones is 1. The summed E-state index contributed by atoms with van der Waals surface area (Å²) in [5.41, 5.74) is 0.970. The minimum absolute atomic E-state index is 0. The Morgan fingerprint density at radius 2 is 2.10 bits per heavy atom. The van der Waals surface area contributed by atoms with Crippen molar-refractivity contribution in [1.82, 2.24) is 9.38 Å². The average Bonchev–Trinajstić information content (AvgIpc) is 2.86. The first-order valence-corrected chi connectivity index (χ1v) is 6.18. The van der Waals surface area contributed by atoms with Crippen molar-refractivity contribution >= 4 is 22.2 Å². The summed E-state index contributed by atoms with van der Waals surface area (Å²) in [7, 11) is 0. The predicted molar refractivity (Wildman–Crippen MR) is 78.6 cm³/mol. The first-order valence-electron chi connectivity index (χ1n) is 6.18. The molecule has 0 aliphatic rings. The summed E-state index contributed by atoms with van der Waals surface area (Å²) >= 11 is 0. The Labute approximate surface area is 137 Å². The number of carbonyl (C=O) groups is 1. The molecule has 0 aliphatic heterocycles. The average molecular weight is 462 g/mol. The van der Waals surface area contributed by atoms with Crippen molar-refractivity contribution in [3.8, 4) is 0 Å². The molecule has 3 rings (SSSR count). The Hall–Kier alpha value is -1.93. The number of rotatable bonds is 1. The van der Waals surface area contributed by atoms with Crippen LogP contribution in [-0.2, 0) is 25.9 Å². The van der Waals surface area contributed by atoms with Crippen LogP contribution in [0.3, 0.4) is 0 Å². The zero-order valence-corrected chi connectivity index (χ0v) is 14.0. The Bertz CT molecular complexity index is 774. The molecule has 21 heavy (non-hydrogen) atoms. The van der Waals surface area contributed by atoms with E-state index in [1.54, 1.807) is 6.20 Å². The van der Waals surface area contributed by atoms with Crippen LogP contribution in [0.4, 0.5) is 0 Å². The third kappa shape index (κ3) is 4.54. The van der Waals surface area contributed by atoms with Gasteiger partial charge in [-0.15, -0.1) is 35.0 Å². The number of aromatic nitrogens is 2. The van der Waals surface area contributed by atoms with E-state index in [1.165, 1.54) is 25.3 Å². The Balaban J connectivity index is 0.000000242. The van der Waals surface area contributed by atoms with Crippen LogP contribution in [0.15, 0.2) is 54.7 Å². The zero-order valence-electron chi connectivity index (χ0n) is 11.7. The number of aliphatic hydroxyl groups is 1. The van der Waals surface area contributed by atoms with E-state index >= 15 is 0 Å². The molecule has 0 spiro atoms. The van der Waals surface area contributed by atoms with Crippen LogP contribution < -0.4 is 0 Å². The number of allylic oxidation sites excluding steroid dienone is 2. The molecule has 0 unspecified atom stereocenters. The summed E-state index contributed by atoms with van der Waals surface area (Å²) in [6.07, 6.45) is 6.92. The number of carbonyl (C=O) groups excluding carboxylic acids is 1. The number of imidazole rings is 1. The van der Waals surface area contributed by atoms with Crippen molar-refractivity contribution < 1.29 is 31.0 Å². The van der Waals surface area contributed by atoms with Crippen molar-refractivity contribution in [1.29, 1.82) is 0 Å². The van der Waals surface area contributed by atoms with Crippen molar-refractivity contribution in [3.63, 3.8) is 0 Å². The fraction of sp³-hybridized carbons (Fsp3) is 0.125. The fourth-order valence-electron chi connectivity index (χ4n) is 1.86. The number of pyridine rings is 1. The van der Waals surface area contributed by atoms with Crippen LogP contribution >= 0.6 is 0 Å². The van der Waals surface area contributed by atoms with Crippen molar-refractivity contribution in [2.45, 2.75) is 13.8 Å². The van der Waals surface area contributed by atoms with Gasteiger partial charge in [-0.3, -0.25) is 9.78 Å². The number of hydrogen-bond donors (Lipinski definition) is 1. The van der Waals surface area contributed by atoms with Crippen LogP contribution in [0.25, 0.3) is 16.4 Å². The number of aliphatic hydroxyl groups excluding tert-OH is 1. The molecule has 0 bridgehead atoms. The molecule has 0 saturated heterocycles. The normalized spacial score (nSPS) is 10.7. The molecule has 5 heteroatoms. The van der Waals surface area contributed by atoms with Gasteiger partial charge in [0.25, 0.3) is 0 Å².